The Morgan fingerprint density at radius 1 is 1.04 bits per heavy atom. The molecule has 0 saturated carbocycles. The van der Waals surface area contributed by atoms with Crippen molar-refractivity contribution in [3.05, 3.63) is 0 Å². The molecule has 0 spiro atoms. The monoisotopic (exact) mass is 346 g/mol. The fourth-order valence-electron chi connectivity index (χ4n) is 2.27. The molecule has 140 valence electrons. The van der Waals surface area contributed by atoms with Crippen LogP contribution in [0.2, 0.25) is 0 Å². The first-order valence-corrected chi connectivity index (χ1v) is 8.24. The Labute approximate surface area is 143 Å². The molecule has 0 aliphatic heterocycles. The first-order chi connectivity index (χ1) is 11.0. The van der Waals surface area contributed by atoms with E-state index in [9.17, 15) is 19.5 Å². The van der Waals surface area contributed by atoms with Crippen LogP contribution in [-0.4, -0.2) is 46.9 Å². The Kier molecular flexibility index (Phi) is 9.58. The number of carboxylic acid groups (broad SMARTS) is 1. The summed E-state index contributed by atoms with van der Waals surface area (Å²) in [5, 5.41) is 18.0. The zero-order chi connectivity index (χ0) is 18.9. The van der Waals surface area contributed by atoms with Crippen molar-refractivity contribution in [3.63, 3.8) is 0 Å². The lowest BCUT2D eigenvalue weighted by Crippen LogP contribution is -2.32. The van der Waals surface area contributed by atoms with Crippen LogP contribution in [0.4, 0.5) is 0 Å². The molecule has 0 aliphatic rings. The van der Waals surface area contributed by atoms with Gasteiger partial charge in [0, 0.05) is 0 Å². The highest BCUT2D eigenvalue weighted by Gasteiger charge is 2.32. The second-order valence-electron chi connectivity index (χ2n) is 6.94. The average Bonchev–Trinajstić information content (AvgIpc) is 2.46. The largest absolute Gasteiger partial charge is 0.481 e. The maximum Gasteiger partial charge on any atom is 0.309 e. The Balaban J connectivity index is 4.83. The Morgan fingerprint density at radius 3 is 2.04 bits per heavy atom. The number of aliphatic carboxylic acids is 1. The second-order valence-corrected chi connectivity index (χ2v) is 6.94. The predicted octanol–water partition coefficient (Wildman–Crippen LogP) is 2.01. The number of esters is 2. The number of aliphatic hydroxyl groups excluding tert-OH is 1. The van der Waals surface area contributed by atoms with E-state index in [2.05, 4.69) is 0 Å². The Morgan fingerprint density at radius 2 is 1.62 bits per heavy atom. The standard InChI is InChI=1S/C17H30O7/c1-6-12(16(22)24-17(3,4)5)10-13(14(19)20)9-11(2)15(21)23-8-7-18/h11-13,18H,6-10H2,1-5H3,(H,19,20). The van der Waals surface area contributed by atoms with Crippen molar-refractivity contribution in [2.45, 2.75) is 59.5 Å². The van der Waals surface area contributed by atoms with Crippen molar-refractivity contribution in [1.82, 2.24) is 0 Å². The highest BCUT2D eigenvalue weighted by Crippen LogP contribution is 2.25. The molecule has 2 N–H and O–H groups in total. The van der Waals surface area contributed by atoms with Gasteiger partial charge in [0.05, 0.1) is 24.4 Å². The summed E-state index contributed by atoms with van der Waals surface area (Å²) in [6.45, 7) is 8.24. The minimum atomic E-state index is -1.06. The van der Waals surface area contributed by atoms with Gasteiger partial charge in [0.25, 0.3) is 0 Å². The summed E-state index contributed by atoms with van der Waals surface area (Å²) in [5.74, 6) is -4.05. The molecule has 0 radical (unpaired) electrons. The minimum Gasteiger partial charge on any atom is -0.481 e. The van der Waals surface area contributed by atoms with Crippen molar-refractivity contribution in [2.24, 2.45) is 17.8 Å². The molecule has 3 unspecified atom stereocenters. The molecule has 3 atom stereocenters. The first-order valence-electron chi connectivity index (χ1n) is 8.24. The zero-order valence-corrected chi connectivity index (χ0v) is 15.2. The molecule has 0 aromatic heterocycles. The van der Waals surface area contributed by atoms with Crippen LogP contribution in [0.25, 0.3) is 0 Å². The third-order valence-electron chi connectivity index (χ3n) is 3.53. The first kappa shape index (κ1) is 22.4. The van der Waals surface area contributed by atoms with Crippen LogP contribution in [0, 0.1) is 17.8 Å². The van der Waals surface area contributed by atoms with Crippen molar-refractivity contribution in [1.29, 1.82) is 0 Å². The van der Waals surface area contributed by atoms with E-state index < -0.39 is 41.3 Å². The van der Waals surface area contributed by atoms with E-state index in [0.29, 0.717) is 6.42 Å². The van der Waals surface area contributed by atoms with Crippen molar-refractivity contribution < 1.29 is 34.1 Å². The van der Waals surface area contributed by atoms with E-state index in [4.69, 9.17) is 14.6 Å². The molecule has 24 heavy (non-hydrogen) atoms. The highest BCUT2D eigenvalue weighted by molar-refractivity contribution is 5.77. The maximum atomic E-state index is 12.2. The van der Waals surface area contributed by atoms with Gasteiger partial charge in [-0.2, -0.15) is 0 Å². The SMILES string of the molecule is CCC(CC(CC(C)C(=O)OCCO)C(=O)O)C(=O)OC(C)(C)C. The molecule has 0 amide bonds. The van der Waals surface area contributed by atoms with Crippen LogP contribution in [0.15, 0.2) is 0 Å². The number of ether oxygens (including phenoxy) is 2. The lowest BCUT2D eigenvalue weighted by atomic mass is 9.86. The van der Waals surface area contributed by atoms with Crippen LogP contribution >= 0.6 is 0 Å². The summed E-state index contributed by atoms with van der Waals surface area (Å²) in [5.41, 5.74) is -0.634. The van der Waals surface area contributed by atoms with Gasteiger partial charge in [-0.15, -0.1) is 0 Å². The molecule has 0 saturated heterocycles. The fraction of sp³-hybridized carbons (Fsp3) is 0.824. The maximum absolute atomic E-state index is 12.2. The molecule has 0 bridgehead atoms. The van der Waals surface area contributed by atoms with E-state index in [1.54, 1.807) is 34.6 Å². The number of carbonyl (C=O) groups is 3. The van der Waals surface area contributed by atoms with Gasteiger partial charge in [0.1, 0.15) is 12.2 Å². The molecule has 0 aliphatic carbocycles. The lowest BCUT2D eigenvalue weighted by molar-refractivity contribution is -0.161. The number of carboxylic acids is 1. The number of hydrogen-bond donors (Lipinski definition) is 2. The summed E-state index contributed by atoms with van der Waals surface area (Å²) in [6, 6.07) is 0. The summed E-state index contributed by atoms with van der Waals surface area (Å²) in [6.07, 6.45) is 0.638. The molecule has 0 aromatic carbocycles. The van der Waals surface area contributed by atoms with E-state index in [-0.39, 0.29) is 26.1 Å². The molecule has 0 fully saturated rings. The van der Waals surface area contributed by atoms with E-state index >= 15 is 0 Å². The topological polar surface area (TPSA) is 110 Å². The molecule has 7 heteroatoms. The normalized spacial score (nSPS) is 15.2. The Hall–Kier alpha value is -1.63. The third kappa shape index (κ3) is 8.86. The summed E-state index contributed by atoms with van der Waals surface area (Å²) < 4.78 is 10.1. The van der Waals surface area contributed by atoms with Gasteiger partial charge >= 0.3 is 17.9 Å². The summed E-state index contributed by atoms with van der Waals surface area (Å²) >= 11 is 0. The van der Waals surface area contributed by atoms with Gasteiger partial charge in [0.2, 0.25) is 0 Å². The van der Waals surface area contributed by atoms with Gasteiger partial charge in [-0.25, -0.2) is 0 Å². The molecule has 0 heterocycles. The predicted molar refractivity (Wildman–Crippen MR) is 87.2 cm³/mol. The second kappa shape index (κ2) is 10.3. The van der Waals surface area contributed by atoms with Crippen molar-refractivity contribution in [3.8, 4) is 0 Å². The minimum absolute atomic E-state index is 0.0683. The molecular formula is C17H30O7. The highest BCUT2D eigenvalue weighted by atomic mass is 16.6. The quantitative estimate of drug-likeness (QED) is 0.582. The van der Waals surface area contributed by atoms with Crippen LogP contribution in [0.1, 0.15) is 53.9 Å². The molecular weight excluding hydrogens is 316 g/mol. The number of rotatable bonds is 10. The fourth-order valence-corrected chi connectivity index (χ4v) is 2.27. The van der Waals surface area contributed by atoms with Gasteiger partial charge in [-0.1, -0.05) is 13.8 Å². The summed E-state index contributed by atoms with van der Waals surface area (Å²) in [4.78, 5) is 35.4. The van der Waals surface area contributed by atoms with Gasteiger partial charge < -0.3 is 19.7 Å². The molecule has 0 rings (SSSR count). The number of aliphatic hydroxyl groups is 1. The number of carbonyl (C=O) groups excluding carboxylic acids is 2. The van der Waals surface area contributed by atoms with Crippen LogP contribution in [0.5, 0.6) is 0 Å². The van der Waals surface area contributed by atoms with Crippen molar-refractivity contribution in [2.75, 3.05) is 13.2 Å². The molecule has 7 nitrogen and oxygen atoms in total. The zero-order valence-electron chi connectivity index (χ0n) is 15.2. The number of hydrogen-bond acceptors (Lipinski definition) is 6. The average molecular weight is 346 g/mol. The Bertz CT molecular complexity index is 425. The lowest BCUT2D eigenvalue weighted by Gasteiger charge is -2.25. The van der Waals surface area contributed by atoms with Crippen LogP contribution in [0.3, 0.4) is 0 Å². The van der Waals surface area contributed by atoms with E-state index in [1.807, 2.05) is 0 Å². The van der Waals surface area contributed by atoms with Gasteiger partial charge in [-0.05, 0) is 40.0 Å². The van der Waals surface area contributed by atoms with Gasteiger partial charge in [0.15, 0.2) is 0 Å². The third-order valence-corrected chi connectivity index (χ3v) is 3.53. The van der Waals surface area contributed by atoms with Crippen molar-refractivity contribution >= 4 is 17.9 Å². The van der Waals surface area contributed by atoms with E-state index in [0.717, 1.165) is 0 Å². The summed E-state index contributed by atoms with van der Waals surface area (Å²) in [7, 11) is 0. The molecule has 0 aromatic rings. The smallest absolute Gasteiger partial charge is 0.309 e. The van der Waals surface area contributed by atoms with Crippen LogP contribution < -0.4 is 0 Å². The van der Waals surface area contributed by atoms with Gasteiger partial charge in [-0.3, -0.25) is 14.4 Å². The van der Waals surface area contributed by atoms with E-state index in [1.165, 1.54) is 0 Å². The van der Waals surface area contributed by atoms with Crippen LogP contribution in [-0.2, 0) is 23.9 Å².